The fourth-order valence-corrected chi connectivity index (χ4v) is 5.35. The second kappa shape index (κ2) is 12.3. The first-order valence-electron chi connectivity index (χ1n) is 12.8. The van der Waals surface area contributed by atoms with Crippen LogP contribution in [0.1, 0.15) is 39.1 Å². The zero-order valence-electron chi connectivity index (χ0n) is 21.6. The van der Waals surface area contributed by atoms with E-state index in [1.807, 2.05) is 30.3 Å². The summed E-state index contributed by atoms with van der Waals surface area (Å²) < 4.78 is 12.3. The van der Waals surface area contributed by atoms with Crippen LogP contribution in [0.15, 0.2) is 82.7 Å². The number of Topliss-reactive ketones (excluding diaryl/α,β-unsaturated/α-hetero) is 1. The number of amides is 1. The number of nitrogens with zero attached hydrogens (tertiary/aromatic N) is 2. The summed E-state index contributed by atoms with van der Waals surface area (Å²) in [6.45, 7) is 1.47. The first-order valence-corrected chi connectivity index (χ1v) is 13.8. The molecule has 1 amide bonds. The third-order valence-electron chi connectivity index (χ3n) is 6.62. The lowest BCUT2D eigenvalue weighted by Crippen LogP contribution is -2.31. The number of ketones is 1. The topological polar surface area (TPSA) is 99.5 Å². The monoisotopic (exact) mass is 543 g/mol. The van der Waals surface area contributed by atoms with Crippen molar-refractivity contribution in [2.24, 2.45) is 0 Å². The Labute approximate surface area is 230 Å². The van der Waals surface area contributed by atoms with Gasteiger partial charge in [-0.15, -0.1) is 0 Å². The molecule has 0 radical (unpaired) electrons. The molecule has 1 aromatic heterocycles. The molecule has 1 saturated heterocycles. The van der Waals surface area contributed by atoms with E-state index in [2.05, 4.69) is 5.32 Å². The molecule has 4 aromatic rings. The lowest BCUT2D eigenvalue weighted by Gasteiger charge is -2.14. The van der Waals surface area contributed by atoms with Gasteiger partial charge in [0.2, 0.25) is 0 Å². The number of methoxy groups -OCH3 is 1. The van der Waals surface area contributed by atoms with Gasteiger partial charge in [-0.25, -0.2) is 4.98 Å². The lowest BCUT2D eigenvalue weighted by molar-refractivity contribution is 0.0857. The highest BCUT2D eigenvalue weighted by molar-refractivity contribution is 7.99. The highest BCUT2D eigenvalue weighted by Crippen LogP contribution is 2.22. The number of benzene rings is 3. The summed E-state index contributed by atoms with van der Waals surface area (Å²) in [5, 5.41) is 3.73. The fourth-order valence-electron chi connectivity index (χ4n) is 4.46. The average molecular weight is 544 g/mol. The van der Waals surface area contributed by atoms with Crippen molar-refractivity contribution < 1.29 is 19.1 Å². The molecule has 39 heavy (non-hydrogen) atoms. The molecule has 200 valence electrons. The number of aromatic nitrogens is 2. The molecular weight excluding hydrogens is 514 g/mol. The largest absolute Gasteiger partial charge is 0.497 e. The highest BCUT2D eigenvalue weighted by Gasteiger charge is 2.19. The van der Waals surface area contributed by atoms with Crippen LogP contribution >= 0.6 is 11.8 Å². The smallest absolute Gasteiger partial charge is 0.262 e. The molecule has 9 heteroatoms. The van der Waals surface area contributed by atoms with Crippen LogP contribution in [0.5, 0.6) is 5.75 Å². The first kappa shape index (κ1) is 26.6. The van der Waals surface area contributed by atoms with Crippen molar-refractivity contribution in [1.82, 2.24) is 14.9 Å². The van der Waals surface area contributed by atoms with Gasteiger partial charge in [0, 0.05) is 24.3 Å². The number of carbonyl (C=O) groups is 2. The van der Waals surface area contributed by atoms with Gasteiger partial charge < -0.3 is 14.8 Å². The predicted octanol–water partition coefficient (Wildman–Crippen LogP) is 4.34. The van der Waals surface area contributed by atoms with Gasteiger partial charge in [0.1, 0.15) is 5.75 Å². The second-order valence-electron chi connectivity index (χ2n) is 9.29. The van der Waals surface area contributed by atoms with E-state index in [1.165, 1.54) is 11.8 Å². The minimum atomic E-state index is -0.244. The van der Waals surface area contributed by atoms with Crippen molar-refractivity contribution in [3.63, 3.8) is 0 Å². The number of thioether (sulfide) groups is 1. The second-order valence-corrected chi connectivity index (χ2v) is 10.2. The Kier molecular flexibility index (Phi) is 8.39. The molecule has 0 bridgehead atoms. The van der Waals surface area contributed by atoms with Crippen molar-refractivity contribution in [2.75, 3.05) is 26.0 Å². The van der Waals surface area contributed by atoms with Crippen molar-refractivity contribution in [1.29, 1.82) is 0 Å². The molecule has 8 nitrogen and oxygen atoms in total. The Balaban J connectivity index is 1.43. The predicted molar refractivity (Wildman–Crippen MR) is 151 cm³/mol. The van der Waals surface area contributed by atoms with Gasteiger partial charge in [0.05, 0.1) is 36.4 Å². The third kappa shape index (κ3) is 6.38. The summed E-state index contributed by atoms with van der Waals surface area (Å²) in [6.07, 6.45) is 1.96. The molecule has 1 fully saturated rings. The molecule has 0 saturated carbocycles. The van der Waals surface area contributed by atoms with E-state index in [0.29, 0.717) is 46.0 Å². The van der Waals surface area contributed by atoms with Gasteiger partial charge in [0.15, 0.2) is 10.9 Å². The van der Waals surface area contributed by atoms with Crippen LogP contribution in [0, 0.1) is 0 Å². The highest BCUT2D eigenvalue weighted by atomic mass is 32.2. The SMILES string of the molecule is COc1ccc(C(=O)CSc2nc3cc(C(=O)NC[C@H]4CCCO4)ccc3c(=O)n2Cc2ccccc2)cc1. The standard InChI is InChI=1S/C30H29N3O5S/c1-37-23-12-9-21(10-13-23)27(34)19-39-30-32-26-16-22(28(35)31-17-24-8-5-15-38-24)11-14-25(26)29(36)33(30)18-20-6-3-2-4-7-20/h2-4,6-7,9-14,16,24H,5,8,15,17-19H2,1H3,(H,31,35)/t24-/m1/s1. The molecule has 0 spiro atoms. The summed E-state index contributed by atoms with van der Waals surface area (Å²) in [4.78, 5) is 44.1. The molecule has 3 aromatic carbocycles. The van der Waals surface area contributed by atoms with Gasteiger partial charge >= 0.3 is 0 Å². The van der Waals surface area contributed by atoms with Crippen LogP contribution in [0.4, 0.5) is 0 Å². The van der Waals surface area contributed by atoms with Crippen molar-refractivity contribution in [3.8, 4) is 5.75 Å². The number of nitrogens with one attached hydrogen (secondary N) is 1. The zero-order chi connectivity index (χ0) is 27.2. The van der Waals surface area contributed by atoms with Gasteiger partial charge in [-0.1, -0.05) is 42.1 Å². The molecule has 5 rings (SSSR count). The fraction of sp³-hybridized carbons (Fsp3) is 0.267. The number of hydrogen-bond acceptors (Lipinski definition) is 7. The van der Waals surface area contributed by atoms with E-state index in [1.54, 1.807) is 54.1 Å². The molecule has 1 N–H and O–H groups in total. The van der Waals surface area contributed by atoms with E-state index in [-0.39, 0.29) is 29.1 Å². The van der Waals surface area contributed by atoms with E-state index < -0.39 is 0 Å². The van der Waals surface area contributed by atoms with Crippen LogP contribution in [-0.2, 0) is 11.3 Å². The summed E-state index contributed by atoms with van der Waals surface area (Å²) in [5.41, 5.74) is 2.09. The van der Waals surface area contributed by atoms with Crippen LogP contribution in [0.25, 0.3) is 10.9 Å². The average Bonchev–Trinajstić information content (AvgIpc) is 3.50. The number of carbonyl (C=O) groups excluding carboxylic acids is 2. The maximum atomic E-state index is 13.6. The van der Waals surface area contributed by atoms with Gasteiger partial charge in [-0.3, -0.25) is 19.0 Å². The van der Waals surface area contributed by atoms with Gasteiger partial charge in [-0.05, 0) is 60.9 Å². The Morgan fingerprint density at radius 1 is 1.08 bits per heavy atom. The quantitative estimate of drug-likeness (QED) is 0.181. The first-order chi connectivity index (χ1) is 19.0. The number of hydrogen-bond donors (Lipinski definition) is 1. The van der Waals surface area contributed by atoms with E-state index in [0.717, 1.165) is 25.0 Å². The molecule has 2 heterocycles. The Morgan fingerprint density at radius 3 is 2.56 bits per heavy atom. The van der Waals surface area contributed by atoms with Crippen LogP contribution in [-0.4, -0.2) is 53.4 Å². The number of rotatable bonds is 10. The molecule has 1 atom stereocenters. The van der Waals surface area contributed by atoms with E-state index in [9.17, 15) is 14.4 Å². The van der Waals surface area contributed by atoms with Crippen molar-refractivity contribution in [2.45, 2.75) is 30.6 Å². The van der Waals surface area contributed by atoms with Crippen LogP contribution in [0.2, 0.25) is 0 Å². The summed E-state index contributed by atoms with van der Waals surface area (Å²) in [5.74, 6) is 0.431. The van der Waals surface area contributed by atoms with E-state index >= 15 is 0 Å². The van der Waals surface area contributed by atoms with Crippen LogP contribution < -0.4 is 15.6 Å². The minimum Gasteiger partial charge on any atom is -0.497 e. The van der Waals surface area contributed by atoms with E-state index in [4.69, 9.17) is 14.5 Å². The maximum absolute atomic E-state index is 13.6. The van der Waals surface area contributed by atoms with Gasteiger partial charge in [-0.2, -0.15) is 0 Å². The lowest BCUT2D eigenvalue weighted by atomic mass is 10.1. The van der Waals surface area contributed by atoms with Gasteiger partial charge in [0.25, 0.3) is 11.5 Å². The number of ether oxygens (including phenoxy) is 2. The zero-order valence-corrected chi connectivity index (χ0v) is 22.4. The Bertz CT molecular complexity index is 1530. The number of fused-ring (bicyclic) bond motifs is 1. The third-order valence-corrected chi connectivity index (χ3v) is 7.60. The molecule has 1 aliphatic rings. The molecular formula is C30H29N3O5S. The van der Waals surface area contributed by atoms with Crippen molar-refractivity contribution in [3.05, 3.63) is 99.8 Å². The minimum absolute atomic E-state index is 0.0314. The molecule has 1 aliphatic heterocycles. The molecule has 0 unspecified atom stereocenters. The summed E-state index contributed by atoms with van der Waals surface area (Å²) in [6, 6.07) is 21.4. The summed E-state index contributed by atoms with van der Waals surface area (Å²) in [7, 11) is 1.57. The normalized spacial score (nSPS) is 14.8. The maximum Gasteiger partial charge on any atom is 0.262 e. The Hall–Kier alpha value is -3.95. The Morgan fingerprint density at radius 2 is 1.85 bits per heavy atom. The van der Waals surface area contributed by atoms with Crippen LogP contribution in [0.3, 0.4) is 0 Å². The summed E-state index contributed by atoms with van der Waals surface area (Å²) >= 11 is 1.20. The molecule has 0 aliphatic carbocycles. The van der Waals surface area contributed by atoms with Crippen molar-refractivity contribution >= 4 is 34.4 Å².